The van der Waals surface area contributed by atoms with Gasteiger partial charge in [-0.3, -0.25) is 0 Å². The fourth-order valence-electron chi connectivity index (χ4n) is 2.16. The number of benzene rings is 2. The summed E-state index contributed by atoms with van der Waals surface area (Å²) in [5.74, 6) is -0.275. The van der Waals surface area contributed by atoms with E-state index in [-0.39, 0.29) is 12.1 Å². The Labute approximate surface area is 99.5 Å². The largest absolute Gasteiger partial charge is 0.454 e. The Bertz CT molecular complexity index is 597. The quantitative estimate of drug-likeness (QED) is 0.548. The Balaban J connectivity index is 2.01. The van der Waals surface area contributed by atoms with Crippen LogP contribution in [0, 0.1) is 0 Å². The highest BCUT2D eigenvalue weighted by Gasteiger charge is 2.28. The highest BCUT2D eigenvalue weighted by atomic mass is 16.5. The molecule has 1 fully saturated rings. The summed E-state index contributed by atoms with van der Waals surface area (Å²) < 4.78 is 5.27. The molecule has 0 amide bonds. The molecule has 17 heavy (non-hydrogen) atoms. The molecule has 0 spiro atoms. The summed E-state index contributed by atoms with van der Waals surface area (Å²) in [4.78, 5) is 11.3. The van der Waals surface area contributed by atoms with Crippen molar-refractivity contribution >= 4 is 16.7 Å². The first-order valence-corrected chi connectivity index (χ1v) is 5.61. The fourth-order valence-corrected chi connectivity index (χ4v) is 2.16. The minimum absolute atomic E-state index is 0.167. The number of hydrogen-bond acceptors (Lipinski definition) is 2. The van der Waals surface area contributed by atoms with Crippen molar-refractivity contribution in [2.75, 3.05) is 0 Å². The van der Waals surface area contributed by atoms with Crippen LogP contribution in [0.5, 0.6) is 0 Å². The second kappa shape index (κ2) is 3.74. The molecular weight excluding hydrogens is 212 g/mol. The second-order valence-corrected chi connectivity index (χ2v) is 4.31. The lowest BCUT2D eigenvalue weighted by Crippen LogP contribution is -1.98. The number of carbonyl (C=O) groups excluding carboxylic acids is 1. The van der Waals surface area contributed by atoms with Crippen molar-refractivity contribution in [1.29, 1.82) is 0 Å². The van der Waals surface area contributed by atoms with Crippen LogP contribution in [0.15, 0.2) is 54.6 Å². The van der Waals surface area contributed by atoms with E-state index in [1.54, 1.807) is 0 Å². The molecule has 2 nitrogen and oxygen atoms in total. The summed E-state index contributed by atoms with van der Waals surface area (Å²) in [6, 6.07) is 14.3. The summed E-state index contributed by atoms with van der Waals surface area (Å²) in [6.45, 7) is 3.70. The number of carbonyl (C=O) groups is 1. The molecule has 3 rings (SSSR count). The molecule has 1 aliphatic rings. The van der Waals surface area contributed by atoms with Crippen molar-refractivity contribution < 1.29 is 9.53 Å². The molecule has 2 aromatic carbocycles. The van der Waals surface area contributed by atoms with Gasteiger partial charge in [-0.25, -0.2) is 4.79 Å². The molecule has 0 unspecified atom stereocenters. The molecule has 0 aromatic heterocycles. The van der Waals surface area contributed by atoms with Crippen LogP contribution in [-0.4, -0.2) is 5.97 Å². The maximum atomic E-state index is 11.3. The standard InChI is InChI=1S/C15H12O2/c1-10-8-14(17-15(10)16)13-7-6-11-4-2-3-5-12(11)9-13/h2-7,9,14H,1,8H2/t14-/m0/s1. The fraction of sp³-hybridized carbons (Fsp3) is 0.133. The second-order valence-electron chi connectivity index (χ2n) is 4.31. The van der Waals surface area contributed by atoms with Gasteiger partial charge >= 0.3 is 5.97 Å². The van der Waals surface area contributed by atoms with Gasteiger partial charge in [0.2, 0.25) is 0 Å². The maximum Gasteiger partial charge on any atom is 0.334 e. The van der Waals surface area contributed by atoms with Gasteiger partial charge in [0.15, 0.2) is 0 Å². The molecule has 0 aliphatic carbocycles. The van der Waals surface area contributed by atoms with E-state index in [1.165, 1.54) is 10.8 Å². The van der Waals surface area contributed by atoms with Gasteiger partial charge in [0, 0.05) is 12.0 Å². The number of ether oxygens (including phenoxy) is 1. The van der Waals surface area contributed by atoms with Crippen LogP contribution in [0.1, 0.15) is 18.1 Å². The molecule has 0 radical (unpaired) electrons. The molecule has 84 valence electrons. The van der Waals surface area contributed by atoms with Gasteiger partial charge in [0.25, 0.3) is 0 Å². The lowest BCUT2D eigenvalue weighted by Gasteiger charge is -2.09. The van der Waals surface area contributed by atoms with Crippen molar-refractivity contribution in [1.82, 2.24) is 0 Å². The molecule has 0 saturated carbocycles. The van der Waals surface area contributed by atoms with Crippen molar-refractivity contribution in [2.24, 2.45) is 0 Å². The third-order valence-corrected chi connectivity index (χ3v) is 3.12. The predicted octanol–water partition coefficient (Wildman–Crippen LogP) is 3.38. The van der Waals surface area contributed by atoms with Gasteiger partial charge in [-0.1, -0.05) is 43.0 Å². The molecule has 0 N–H and O–H groups in total. The Morgan fingerprint density at radius 3 is 2.59 bits per heavy atom. The van der Waals surface area contributed by atoms with Gasteiger partial charge < -0.3 is 4.74 Å². The van der Waals surface area contributed by atoms with E-state index in [4.69, 9.17) is 4.74 Å². The van der Waals surface area contributed by atoms with Gasteiger partial charge in [-0.05, 0) is 22.4 Å². The first-order chi connectivity index (χ1) is 8.24. The Hall–Kier alpha value is -2.09. The molecule has 1 atom stereocenters. The number of hydrogen-bond donors (Lipinski definition) is 0. The average molecular weight is 224 g/mol. The van der Waals surface area contributed by atoms with Gasteiger partial charge in [0.1, 0.15) is 6.10 Å². The monoisotopic (exact) mass is 224 g/mol. The maximum absolute atomic E-state index is 11.3. The molecule has 1 saturated heterocycles. The van der Waals surface area contributed by atoms with Crippen molar-refractivity contribution in [3.8, 4) is 0 Å². The van der Waals surface area contributed by atoms with Crippen LogP contribution in [0.2, 0.25) is 0 Å². The summed E-state index contributed by atoms with van der Waals surface area (Å²) in [7, 11) is 0. The highest BCUT2D eigenvalue weighted by molar-refractivity contribution is 5.90. The summed E-state index contributed by atoms with van der Waals surface area (Å²) in [6.07, 6.45) is 0.427. The minimum Gasteiger partial charge on any atom is -0.454 e. The van der Waals surface area contributed by atoms with Crippen LogP contribution in [0.25, 0.3) is 10.8 Å². The summed E-state index contributed by atoms with van der Waals surface area (Å²) >= 11 is 0. The Morgan fingerprint density at radius 2 is 1.88 bits per heavy atom. The summed E-state index contributed by atoms with van der Waals surface area (Å²) in [5.41, 5.74) is 1.60. The normalized spacial score (nSPS) is 19.6. The number of fused-ring (bicyclic) bond motifs is 1. The third kappa shape index (κ3) is 1.72. The molecule has 2 heteroatoms. The van der Waals surface area contributed by atoms with Crippen LogP contribution in [-0.2, 0) is 9.53 Å². The van der Waals surface area contributed by atoms with E-state index in [9.17, 15) is 4.79 Å². The number of cyclic esters (lactones) is 1. The zero-order chi connectivity index (χ0) is 11.8. The van der Waals surface area contributed by atoms with E-state index in [2.05, 4.69) is 30.8 Å². The average Bonchev–Trinajstić information content (AvgIpc) is 2.69. The molecule has 1 aliphatic heterocycles. The van der Waals surface area contributed by atoms with Crippen molar-refractivity contribution in [2.45, 2.75) is 12.5 Å². The SMILES string of the molecule is C=C1C[C@@H](c2ccc3ccccc3c2)OC1=O. The minimum atomic E-state index is -0.275. The molecular formula is C15H12O2. The first kappa shape index (κ1) is 10.1. The highest BCUT2D eigenvalue weighted by Crippen LogP contribution is 2.33. The predicted molar refractivity (Wildman–Crippen MR) is 66.5 cm³/mol. The zero-order valence-electron chi connectivity index (χ0n) is 9.35. The summed E-state index contributed by atoms with van der Waals surface area (Å²) in [5, 5.41) is 2.36. The Morgan fingerprint density at radius 1 is 1.12 bits per heavy atom. The van der Waals surface area contributed by atoms with E-state index in [0.717, 1.165) is 5.56 Å². The molecule has 1 heterocycles. The van der Waals surface area contributed by atoms with Crippen molar-refractivity contribution in [3.05, 3.63) is 60.2 Å². The van der Waals surface area contributed by atoms with E-state index in [0.29, 0.717) is 12.0 Å². The van der Waals surface area contributed by atoms with E-state index < -0.39 is 0 Å². The lowest BCUT2D eigenvalue weighted by atomic mass is 10.0. The van der Waals surface area contributed by atoms with Gasteiger partial charge in [-0.2, -0.15) is 0 Å². The number of esters is 1. The molecule has 2 aromatic rings. The molecule has 0 bridgehead atoms. The van der Waals surface area contributed by atoms with Crippen LogP contribution in [0.3, 0.4) is 0 Å². The lowest BCUT2D eigenvalue weighted by molar-refractivity contribution is -0.139. The van der Waals surface area contributed by atoms with Gasteiger partial charge in [-0.15, -0.1) is 0 Å². The topological polar surface area (TPSA) is 26.3 Å². The van der Waals surface area contributed by atoms with Gasteiger partial charge in [0.05, 0.1) is 0 Å². The number of rotatable bonds is 1. The third-order valence-electron chi connectivity index (χ3n) is 3.12. The van der Waals surface area contributed by atoms with E-state index >= 15 is 0 Å². The van der Waals surface area contributed by atoms with Crippen LogP contribution in [0.4, 0.5) is 0 Å². The first-order valence-electron chi connectivity index (χ1n) is 5.61. The van der Waals surface area contributed by atoms with Crippen LogP contribution < -0.4 is 0 Å². The smallest absolute Gasteiger partial charge is 0.334 e. The zero-order valence-corrected chi connectivity index (χ0v) is 9.35. The Kier molecular flexibility index (Phi) is 2.22. The van der Waals surface area contributed by atoms with Crippen molar-refractivity contribution in [3.63, 3.8) is 0 Å². The van der Waals surface area contributed by atoms with E-state index in [1.807, 2.05) is 18.2 Å². The van der Waals surface area contributed by atoms with Crippen LogP contribution >= 0.6 is 0 Å².